The maximum atomic E-state index is 11.3. The first kappa shape index (κ1) is 22.7. The molecule has 0 bridgehead atoms. The Kier molecular flexibility index (Phi) is 8.45. The van der Waals surface area contributed by atoms with Crippen LogP contribution in [0.4, 0.5) is 0 Å². The van der Waals surface area contributed by atoms with Gasteiger partial charge in [0.1, 0.15) is 6.54 Å². The van der Waals surface area contributed by atoms with Crippen molar-refractivity contribution in [2.45, 2.75) is 39.5 Å². The largest absolute Gasteiger partial charge is 0.469 e. The Balaban J connectivity index is 0.000000208. The van der Waals surface area contributed by atoms with Gasteiger partial charge in [-0.15, -0.1) is 10.2 Å². The topological polar surface area (TPSA) is 93.7 Å². The van der Waals surface area contributed by atoms with Crippen LogP contribution in [0.15, 0.2) is 24.4 Å². The molecule has 0 fully saturated rings. The smallest absolute Gasteiger partial charge is 0.309 e. The lowest BCUT2D eigenvalue weighted by molar-refractivity contribution is -0.883. The Hall–Kier alpha value is -2.61. The highest BCUT2D eigenvalue weighted by Gasteiger charge is 2.22. The summed E-state index contributed by atoms with van der Waals surface area (Å²) < 4.78 is 5.76. The van der Waals surface area contributed by atoms with Gasteiger partial charge < -0.3 is 9.22 Å². The standard InChI is InChI=1S/C13H19N2.C8H14N4O2/c1-11-6-7-13(14-9-11)12-5-4-8-15(2,3)10-12;1-3-4-6(8(13)14-2)5-7-9-11-12-10-7/h5-7,9H,4,8,10H2,1-3H3;6H,3-5H2,1-2H3,(H,9,10,11,12)/q+1;. The Bertz CT molecular complexity index is 784. The highest BCUT2D eigenvalue weighted by Crippen LogP contribution is 2.21. The van der Waals surface area contributed by atoms with E-state index in [1.807, 2.05) is 13.1 Å². The lowest BCUT2D eigenvalue weighted by Crippen LogP contribution is -2.43. The molecule has 29 heavy (non-hydrogen) atoms. The Labute approximate surface area is 173 Å². The number of nitrogens with zero attached hydrogens (tertiary/aromatic N) is 5. The van der Waals surface area contributed by atoms with Crippen LogP contribution in [0.5, 0.6) is 0 Å². The maximum Gasteiger partial charge on any atom is 0.309 e. The van der Waals surface area contributed by atoms with E-state index in [1.165, 1.54) is 24.8 Å². The number of pyridine rings is 1. The molecule has 3 heterocycles. The van der Waals surface area contributed by atoms with Crippen LogP contribution in [-0.4, -0.2) is 70.4 Å². The number of likely N-dealkylation sites (N-methyl/N-ethyl adjacent to an activating group) is 1. The van der Waals surface area contributed by atoms with E-state index in [9.17, 15) is 4.79 Å². The molecule has 8 heteroatoms. The number of rotatable bonds is 6. The number of carbonyl (C=O) groups excluding carboxylic acids is 1. The van der Waals surface area contributed by atoms with Gasteiger partial charge in [0.15, 0.2) is 5.82 Å². The van der Waals surface area contributed by atoms with E-state index in [2.05, 4.69) is 69.6 Å². The van der Waals surface area contributed by atoms with Crippen LogP contribution in [0.3, 0.4) is 0 Å². The van der Waals surface area contributed by atoms with Crippen LogP contribution in [-0.2, 0) is 16.0 Å². The zero-order valence-electron chi connectivity index (χ0n) is 18.2. The summed E-state index contributed by atoms with van der Waals surface area (Å²) in [5, 5.41) is 13.4. The van der Waals surface area contributed by atoms with Crippen molar-refractivity contribution in [3.8, 4) is 0 Å². The van der Waals surface area contributed by atoms with Gasteiger partial charge in [0.25, 0.3) is 0 Å². The highest BCUT2D eigenvalue weighted by molar-refractivity contribution is 5.72. The van der Waals surface area contributed by atoms with E-state index in [4.69, 9.17) is 0 Å². The molecule has 0 radical (unpaired) electrons. The van der Waals surface area contributed by atoms with Gasteiger partial charge in [-0.05, 0) is 25.0 Å². The number of nitrogens with one attached hydrogen (secondary N) is 1. The second-order valence-electron chi connectivity index (χ2n) is 8.10. The minimum absolute atomic E-state index is 0.164. The van der Waals surface area contributed by atoms with Crippen LogP contribution >= 0.6 is 0 Å². The van der Waals surface area contributed by atoms with Crippen LogP contribution in [0, 0.1) is 12.8 Å². The van der Waals surface area contributed by atoms with Crippen LogP contribution < -0.4 is 0 Å². The van der Waals surface area contributed by atoms with Crippen molar-refractivity contribution in [3.63, 3.8) is 0 Å². The summed E-state index contributed by atoms with van der Waals surface area (Å²) in [7, 11) is 5.95. The third kappa shape index (κ3) is 7.38. The number of aryl methyl sites for hydroxylation is 1. The normalized spacial score (nSPS) is 16.2. The maximum absolute atomic E-state index is 11.3. The van der Waals surface area contributed by atoms with E-state index in [-0.39, 0.29) is 11.9 Å². The van der Waals surface area contributed by atoms with Crippen molar-refractivity contribution in [1.29, 1.82) is 0 Å². The average molecular weight is 402 g/mol. The molecule has 0 spiro atoms. The predicted molar refractivity (Wildman–Crippen MR) is 112 cm³/mol. The number of carbonyl (C=O) groups is 1. The average Bonchev–Trinajstić information content (AvgIpc) is 3.20. The molecule has 1 aliphatic rings. The SMILES string of the molecule is CCCC(Cc1nn[nH]n1)C(=O)OC.Cc1ccc(C2=CCC[N+](C)(C)C2)nc1. The molecular weight excluding hydrogens is 368 g/mol. The zero-order chi connectivity index (χ0) is 21.3. The fraction of sp³-hybridized carbons (Fsp3) is 0.571. The number of tetrazole rings is 1. The summed E-state index contributed by atoms with van der Waals surface area (Å²) in [6.45, 7) is 6.42. The Morgan fingerprint density at radius 1 is 1.34 bits per heavy atom. The molecule has 0 saturated carbocycles. The number of hydrogen-bond donors (Lipinski definition) is 1. The molecule has 2 aromatic rings. The molecule has 0 saturated heterocycles. The fourth-order valence-corrected chi connectivity index (χ4v) is 3.34. The number of ether oxygens (including phenoxy) is 1. The summed E-state index contributed by atoms with van der Waals surface area (Å²) in [4.78, 5) is 15.8. The van der Waals surface area contributed by atoms with Crippen molar-refractivity contribution < 1.29 is 14.0 Å². The molecule has 1 aliphatic heterocycles. The van der Waals surface area contributed by atoms with Gasteiger partial charge in [-0.1, -0.05) is 30.7 Å². The van der Waals surface area contributed by atoms with E-state index < -0.39 is 0 Å². The highest BCUT2D eigenvalue weighted by atomic mass is 16.5. The third-order valence-corrected chi connectivity index (χ3v) is 4.95. The molecule has 0 aliphatic carbocycles. The van der Waals surface area contributed by atoms with Gasteiger partial charge in [0, 0.05) is 24.6 Å². The molecule has 2 aromatic heterocycles. The first-order valence-electron chi connectivity index (χ1n) is 10.1. The van der Waals surface area contributed by atoms with Crippen LogP contribution in [0.1, 0.15) is 43.3 Å². The van der Waals surface area contributed by atoms with Crippen molar-refractivity contribution in [2.75, 3.05) is 34.3 Å². The molecule has 0 amide bonds. The van der Waals surface area contributed by atoms with E-state index >= 15 is 0 Å². The molecule has 8 nitrogen and oxygen atoms in total. The molecule has 1 N–H and O–H groups in total. The molecule has 0 aromatic carbocycles. The number of esters is 1. The zero-order valence-corrected chi connectivity index (χ0v) is 18.2. The number of H-pyrrole nitrogens is 1. The Morgan fingerprint density at radius 3 is 2.69 bits per heavy atom. The minimum Gasteiger partial charge on any atom is -0.469 e. The van der Waals surface area contributed by atoms with Crippen LogP contribution in [0.2, 0.25) is 0 Å². The van der Waals surface area contributed by atoms with Gasteiger partial charge in [0.2, 0.25) is 0 Å². The molecule has 158 valence electrons. The predicted octanol–water partition coefficient (Wildman–Crippen LogP) is 2.59. The number of quaternary nitrogens is 1. The first-order valence-corrected chi connectivity index (χ1v) is 10.1. The lowest BCUT2D eigenvalue weighted by atomic mass is 10.00. The van der Waals surface area contributed by atoms with Crippen molar-refractivity contribution >= 4 is 11.5 Å². The van der Waals surface area contributed by atoms with Gasteiger partial charge in [0.05, 0.1) is 39.4 Å². The van der Waals surface area contributed by atoms with E-state index in [0.717, 1.165) is 36.0 Å². The van der Waals surface area contributed by atoms with E-state index in [1.54, 1.807) is 0 Å². The molecule has 3 rings (SSSR count). The number of aromatic amines is 1. The molecular formula is C21H33N6O2+. The van der Waals surface area contributed by atoms with Crippen molar-refractivity contribution in [1.82, 2.24) is 25.6 Å². The second kappa shape index (κ2) is 10.8. The summed E-state index contributed by atoms with van der Waals surface area (Å²) >= 11 is 0. The van der Waals surface area contributed by atoms with Crippen molar-refractivity contribution in [3.05, 3.63) is 41.5 Å². The minimum atomic E-state index is -0.211. The van der Waals surface area contributed by atoms with Crippen molar-refractivity contribution in [2.24, 2.45) is 5.92 Å². The van der Waals surface area contributed by atoms with E-state index in [0.29, 0.717) is 12.2 Å². The lowest BCUT2D eigenvalue weighted by Gasteiger charge is -2.33. The van der Waals surface area contributed by atoms with Crippen LogP contribution in [0.25, 0.3) is 5.57 Å². The molecule has 1 atom stereocenters. The summed E-state index contributed by atoms with van der Waals surface area (Å²) in [5.41, 5.74) is 3.77. The van der Waals surface area contributed by atoms with Gasteiger partial charge in [-0.2, -0.15) is 5.21 Å². The van der Waals surface area contributed by atoms with Gasteiger partial charge in [-0.3, -0.25) is 9.78 Å². The third-order valence-electron chi connectivity index (χ3n) is 4.95. The van der Waals surface area contributed by atoms with Gasteiger partial charge >= 0.3 is 5.97 Å². The summed E-state index contributed by atoms with van der Waals surface area (Å²) in [6, 6.07) is 4.27. The number of hydrogen-bond acceptors (Lipinski definition) is 6. The molecule has 1 unspecified atom stereocenters. The fourth-order valence-electron chi connectivity index (χ4n) is 3.34. The quantitative estimate of drug-likeness (QED) is 0.591. The number of aromatic nitrogens is 5. The number of methoxy groups -OCH3 is 1. The summed E-state index contributed by atoms with van der Waals surface area (Å²) in [6.07, 6.45) is 7.64. The summed E-state index contributed by atoms with van der Waals surface area (Å²) in [5.74, 6) is 0.174. The first-order chi connectivity index (χ1) is 13.8. The Morgan fingerprint density at radius 2 is 2.14 bits per heavy atom. The second-order valence-corrected chi connectivity index (χ2v) is 8.10. The monoisotopic (exact) mass is 401 g/mol. The van der Waals surface area contributed by atoms with Gasteiger partial charge in [-0.25, -0.2) is 0 Å².